The summed E-state index contributed by atoms with van der Waals surface area (Å²) < 4.78 is 0. The summed E-state index contributed by atoms with van der Waals surface area (Å²) in [6.45, 7) is 1.61. The minimum absolute atomic E-state index is 0.110. The third-order valence-corrected chi connectivity index (χ3v) is 2.64. The normalized spacial score (nSPS) is 11.7. The number of aliphatic hydroxyl groups excluding tert-OH is 1. The van der Waals surface area contributed by atoms with Crippen LogP contribution in [0.2, 0.25) is 0 Å². The second kappa shape index (κ2) is 8.26. The van der Waals surface area contributed by atoms with E-state index in [1.54, 1.807) is 0 Å². The zero-order valence-corrected chi connectivity index (χ0v) is 11.1. The molecule has 0 heterocycles. The zero-order valence-electron chi connectivity index (χ0n) is 11.1. The first kappa shape index (κ1) is 15.2. The lowest BCUT2D eigenvalue weighted by Gasteiger charge is -2.16. The molecule has 0 aliphatic carbocycles. The van der Waals surface area contributed by atoms with Crippen LogP contribution in [0.4, 0.5) is 0 Å². The first-order chi connectivity index (χ1) is 9.11. The largest absolute Gasteiger partial charge is 0.394 e. The van der Waals surface area contributed by atoms with Gasteiger partial charge in [-0.05, 0) is 12.0 Å². The van der Waals surface area contributed by atoms with Gasteiger partial charge in [-0.3, -0.25) is 9.59 Å². The first-order valence-electron chi connectivity index (χ1n) is 6.30. The number of carbonyl (C=O) groups excluding carboxylic acids is 2. The van der Waals surface area contributed by atoms with E-state index in [0.29, 0.717) is 13.0 Å². The average Bonchev–Trinajstić information content (AvgIpc) is 2.38. The van der Waals surface area contributed by atoms with Gasteiger partial charge >= 0.3 is 0 Å². The lowest BCUT2D eigenvalue weighted by Crippen LogP contribution is -2.40. The number of benzene rings is 1. The number of hydrogen-bond donors (Lipinski definition) is 3. The molecule has 104 valence electrons. The highest BCUT2D eigenvalue weighted by Crippen LogP contribution is 2.03. The van der Waals surface area contributed by atoms with Gasteiger partial charge in [0.2, 0.25) is 11.8 Å². The van der Waals surface area contributed by atoms with Crippen molar-refractivity contribution in [3.8, 4) is 0 Å². The molecule has 1 atom stereocenters. The van der Waals surface area contributed by atoms with E-state index < -0.39 is 0 Å². The molecule has 0 aliphatic rings. The minimum Gasteiger partial charge on any atom is -0.394 e. The topological polar surface area (TPSA) is 78.4 Å². The standard InChI is InChI=1S/C14H20N2O3/c1-11(18)15-8-7-14(19)16-13(10-17)9-12-5-3-2-4-6-12/h2-6,13,17H,7-10H2,1H3,(H,15,18)(H,16,19)/t13-/m1/s1. The van der Waals surface area contributed by atoms with E-state index in [1.165, 1.54) is 6.92 Å². The highest BCUT2D eigenvalue weighted by molar-refractivity contribution is 5.78. The van der Waals surface area contributed by atoms with Gasteiger partial charge in [0.25, 0.3) is 0 Å². The summed E-state index contributed by atoms with van der Waals surface area (Å²) in [6, 6.07) is 9.36. The van der Waals surface area contributed by atoms with Crippen LogP contribution in [0.25, 0.3) is 0 Å². The van der Waals surface area contributed by atoms with Crippen LogP contribution in [0, 0.1) is 0 Å². The molecule has 0 aliphatic heterocycles. The van der Waals surface area contributed by atoms with Crippen molar-refractivity contribution < 1.29 is 14.7 Å². The zero-order chi connectivity index (χ0) is 14.1. The molecular formula is C14H20N2O3. The van der Waals surface area contributed by atoms with Gasteiger partial charge < -0.3 is 15.7 Å². The van der Waals surface area contributed by atoms with Crippen LogP contribution < -0.4 is 10.6 Å². The molecule has 0 fully saturated rings. The van der Waals surface area contributed by atoms with Gasteiger partial charge in [-0.1, -0.05) is 30.3 Å². The predicted octanol–water partition coefficient (Wildman–Crippen LogP) is 0.232. The Morgan fingerprint density at radius 2 is 1.95 bits per heavy atom. The van der Waals surface area contributed by atoms with Crippen molar-refractivity contribution in [3.05, 3.63) is 35.9 Å². The van der Waals surface area contributed by atoms with Gasteiger partial charge in [-0.2, -0.15) is 0 Å². The van der Waals surface area contributed by atoms with E-state index in [-0.39, 0.29) is 30.9 Å². The molecule has 2 amide bonds. The SMILES string of the molecule is CC(=O)NCCC(=O)N[C@@H](CO)Cc1ccccc1. The van der Waals surface area contributed by atoms with Crippen molar-refractivity contribution in [2.24, 2.45) is 0 Å². The maximum atomic E-state index is 11.6. The van der Waals surface area contributed by atoms with Gasteiger partial charge in [0.15, 0.2) is 0 Å². The molecule has 1 rings (SSSR count). The lowest BCUT2D eigenvalue weighted by molar-refractivity contribution is -0.122. The van der Waals surface area contributed by atoms with Crippen LogP contribution in [-0.4, -0.2) is 36.1 Å². The molecule has 0 bridgehead atoms. The molecule has 5 nitrogen and oxygen atoms in total. The lowest BCUT2D eigenvalue weighted by atomic mass is 10.1. The fourth-order valence-corrected chi connectivity index (χ4v) is 1.71. The maximum absolute atomic E-state index is 11.6. The summed E-state index contributed by atoms with van der Waals surface area (Å²) in [5.41, 5.74) is 1.06. The molecule has 0 radical (unpaired) electrons. The predicted molar refractivity (Wildman–Crippen MR) is 72.5 cm³/mol. The van der Waals surface area contributed by atoms with Gasteiger partial charge in [0.1, 0.15) is 0 Å². The van der Waals surface area contributed by atoms with Crippen LogP contribution in [0.1, 0.15) is 18.9 Å². The Balaban J connectivity index is 2.35. The Morgan fingerprint density at radius 3 is 2.53 bits per heavy atom. The van der Waals surface area contributed by atoms with Crippen LogP contribution in [0.15, 0.2) is 30.3 Å². The Bertz CT molecular complexity index is 406. The summed E-state index contributed by atoms with van der Waals surface area (Å²) in [4.78, 5) is 22.3. The van der Waals surface area contributed by atoms with Crippen molar-refractivity contribution in [2.45, 2.75) is 25.8 Å². The number of hydrogen-bond acceptors (Lipinski definition) is 3. The van der Waals surface area contributed by atoms with E-state index >= 15 is 0 Å². The Kier molecular flexibility index (Phi) is 6.60. The maximum Gasteiger partial charge on any atom is 0.222 e. The summed E-state index contributed by atoms with van der Waals surface area (Å²) in [6.07, 6.45) is 0.800. The molecule has 0 unspecified atom stereocenters. The fourth-order valence-electron chi connectivity index (χ4n) is 1.71. The third kappa shape index (κ3) is 6.57. The van der Waals surface area contributed by atoms with E-state index in [1.807, 2.05) is 30.3 Å². The van der Waals surface area contributed by atoms with Crippen LogP contribution in [0.5, 0.6) is 0 Å². The molecule has 1 aromatic rings. The number of rotatable bonds is 7. The number of amides is 2. The summed E-state index contributed by atoms with van der Waals surface area (Å²) >= 11 is 0. The molecular weight excluding hydrogens is 244 g/mol. The average molecular weight is 264 g/mol. The van der Waals surface area contributed by atoms with E-state index in [4.69, 9.17) is 0 Å². The minimum atomic E-state index is -0.299. The van der Waals surface area contributed by atoms with Crippen LogP contribution in [-0.2, 0) is 16.0 Å². The number of carbonyl (C=O) groups is 2. The second-order valence-electron chi connectivity index (χ2n) is 4.37. The van der Waals surface area contributed by atoms with Crippen molar-refractivity contribution in [3.63, 3.8) is 0 Å². The quantitative estimate of drug-likeness (QED) is 0.660. The summed E-state index contributed by atoms with van der Waals surface area (Å²) in [5, 5.41) is 14.6. The van der Waals surface area contributed by atoms with Crippen LogP contribution >= 0.6 is 0 Å². The highest BCUT2D eigenvalue weighted by Gasteiger charge is 2.11. The monoisotopic (exact) mass is 264 g/mol. The van der Waals surface area contributed by atoms with Crippen LogP contribution in [0.3, 0.4) is 0 Å². The molecule has 0 saturated heterocycles. The molecule has 5 heteroatoms. The van der Waals surface area contributed by atoms with Gasteiger partial charge in [0.05, 0.1) is 12.6 Å². The smallest absolute Gasteiger partial charge is 0.222 e. The van der Waals surface area contributed by atoms with Gasteiger partial charge in [-0.15, -0.1) is 0 Å². The third-order valence-electron chi connectivity index (χ3n) is 2.64. The molecule has 19 heavy (non-hydrogen) atoms. The number of aliphatic hydroxyl groups is 1. The summed E-state index contributed by atoms with van der Waals surface area (Å²) in [5.74, 6) is -0.334. The van der Waals surface area contributed by atoms with Crippen molar-refractivity contribution in [1.29, 1.82) is 0 Å². The Morgan fingerprint density at radius 1 is 1.26 bits per heavy atom. The fraction of sp³-hybridized carbons (Fsp3) is 0.429. The Hall–Kier alpha value is -1.88. The van der Waals surface area contributed by atoms with Crippen molar-refractivity contribution in [1.82, 2.24) is 10.6 Å². The van der Waals surface area contributed by atoms with E-state index in [2.05, 4.69) is 10.6 Å². The second-order valence-corrected chi connectivity index (χ2v) is 4.37. The molecule has 0 aromatic heterocycles. The highest BCUT2D eigenvalue weighted by atomic mass is 16.3. The van der Waals surface area contributed by atoms with E-state index in [0.717, 1.165) is 5.56 Å². The summed E-state index contributed by atoms with van der Waals surface area (Å²) in [7, 11) is 0. The van der Waals surface area contributed by atoms with Gasteiger partial charge in [0, 0.05) is 19.9 Å². The van der Waals surface area contributed by atoms with Crippen molar-refractivity contribution in [2.75, 3.05) is 13.2 Å². The van der Waals surface area contributed by atoms with E-state index in [9.17, 15) is 14.7 Å². The first-order valence-corrected chi connectivity index (χ1v) is 6.30. The van der Waals surface area contributed by atoms with Gasteiger partial charge in [-0.25, -0.2) is 0 Å². The van der Waals surface area contributed by atoms with Crippen molar-refractivity contribution >= 4 is 11.8 Å². The molecule has 1 aromatic carbocycles. The molecule has 0 spiro atoms. The Labute approximate surface area is 113 Å². The number of nitrogens with one attached hydrogen (secondary N) is 2. The molecule has 0 saturated carbocycles. The molecule has 3 N–H and O–H groups in total.